The molecule has 0 aliphatic heterocycles. The zero-order chi connectivity index (χ0) is 15.2. The summed E-state index contributed by atoms with van der Waals surface area (Å²) in [5.74, 6) is 0. The number of aromatic nitrogens is 2. The van der Waals surface area contributed by atoms with E-state index in [9.17, 15) is 0 Å². The van der Waals surface area contributed by atoms with Crippen LogP contribution >= 0.6 is 23.2 Å². The first-order valence-corrected chi connectivity index (χ1v) is 7.82. The molecule has 2 rings (SSSR count). The fraction of sp³-hybridized carbons (Fsp3) is 0.375. The van der Waals surface area contributed by atoms with Crippen molar-refractivity contribution in [2.45, 2.75) is 32.7 Å². The van der Waals surface area contributed by atoms with E-state index < -0.39 is 0 Å². The molecule has 1 atom stereocenters. The summed E-state index contributed by atoms with van der Waals surface area (Å²) >= 11 is 12.4. The normalized spacial score (nSPS) is 12.4. The third-order valence-electron chi connectivity index (χ3n) is 3.25. The van der Waals surface area contributed by atoms with Gasteiger partial charge >= 0.3 is 0 Å². The third-order valence-corrected chi connectivity index (χ3v) is 4.11. The number of hydrogen-bond acceptors (Lipinski definition) is 3. The Kier molecular flexibility index (Phi) is 5.97. The van der Waals surface area contributed by atoms with E-state index >= 15 is 0 Å². The van der Waals surface area contributed by atoms with E-state index in [0.717, 1.165) is 36.3 Å². The molecular formula is C16H19Cl2N3. The minimum atomic E-state index is 0.0778. The van der Waals surface area contributed by atoms with Crippen LogP contribution in [0.5, 0.6) is 0 Å². The van der Waals surface area contributed by atoms with Crippen LogP contribution in [-0.4, -0.2) is 16.5 Å². The lowest BCUT2D eigenvalue weighted by atomic mass is 10.0. The molecule has 5 heteroatoms. The van der Waals surface area contributed by atoms with Gasteiger partial charge in [-0.2, -0.15) is 0 Å². The topological polar surface area (TPSA) is 37.8 Å². The Morgan fingerprint density at radius 1 is 1.19 bits per heavy atom. The molecule has 0 saturated heterocycles. The fourth-order valence-electron chi connectivity index (χ4n) is 2.11. The van der Waals surface area contributed by atoms with E-state index in [0.29, 0.717) is 10.0 Å². The molecule has 0 radical (unpaired) electrons. The molecule has 0 aliphatic carbocycles. The smallest absolute Gasteiger partial charge is 0.0759 e. The zero-order valence-electron chi connectivity index (χ0n) is 12.2. The van der Waals surface area contributed by atoms with Crippen LogP contribution in [0.1, 0.15) is 36.3 Å². The average Bonchev–Trinajstić information content (AvgIpc) is 2.49. The van der Waals surface area contributed by atoms with Gasteiger partial charge in [0, 0.05) is 6.20 Å². The van der Waals surface area contributed by atoms with Gasteiger partial charge in [-0.15, -0.1) is 0 Å². The lowest BCUT2D eigenvalue weighted by Crippen LogP contribution is -2.25. The van der Waals surface area contributed by atoms with Crippen LogP contribution in [0.15, 0.2) is 30.6 Å². The third kappa shape index (κ3) is 4.40. The second-order valence-corrected chi connectivity index (χ2v) is 5.79. The fourth-order valence-corrected chi connectivity index (χ4v) is 2.51. The molecule has 1 aromatic heterocycles. The number of nitrogens with one attached hydrogen (secondary N) is 1. The summed E-state index contributed by atoms with van der Waals surface area (Å²) < 4.78 is 0. The molecule has 112 valence electrons. The highest BCUT2D eigenvalue weighted by atomic mass is 35.5. The summed E-state index contributed by atoms with van der Waals surface area (Å²) in [6.45, 7) is 4.98. The van der Waals surface area contributed by atoms with Crippen molar-refractivity contribution in [1.29, 1.82) is 0 Å². The van der Waals surface area contributed by atoms with Gasteiger partial charge in [0.1, 0.15) is 0 Å². The molecule has 1 N–H and O–H groups in total. The molecule has 0 saturated carbocycles. The van der Waals surface area contributed by atoms with E-state index in [-0.39, 0.29) is 6.04 Å². The summed E-state index contributed by atoms with van der Waals surface area (Å²) in [4.78, 5) is 8.81. The molecule has 0 aliphatic rings. The van der Waals surface area contributed by atoms with Gasteiger partial charge in [-0.3, -0.25) is 9.97 Å². The minimum Gasteiger partial charge on any atom is -0.308 e. The average molecular weight is 324 g/mol. The van der Waals surface area contributed by atoms with Gasteiger partial charge in [-0.05, 0) is 37.9 Å². The highest BCUT2D eigenvalue weighted by molar-refractivity contribution is 6.42. The van der Waals surface area contributed by atoms with Crippen LogP contribution in [0.25, 0.3) is 0 Å². The number of hydrogen-bond donors (Lipinski definition) is 1. The molecule has 0 bridgehead atoms. The number of rotatable bonds is 6. The van der Waals surface area contributed by atoms with Crippen molar-refractivity contribution in [2.24, 2.45) is 0 Å². The van der Waals surface area contributed by atoms with E-state index in [1.54, 1.807) is 12.3 Å². The van der Waals surface area contributed by atoms with Gasteiger partial charge in [0.15, 0.2) is 0 Å². The Hall–Kier alpha value is -1.16. The summed E-state index contributed by atoms with van der Waals surface area (Å²) in [5, 5.41) is 4.69. The van der Waals surface area contributed by atoms with Gasteiger partial charge in [0.2, 0.25) is 0 Å². The first kappa shape index (κ1) is 16.2. The van der Waals surface area contributed by atoms with Gasteiger partial charge < -0.3 is 5.32 Å². The molecule has 0 spiro atoms. The maximum absolute atomic E-state index is 6.29. The summed E-state index contributed by atoms with van der Waals surface area (Å²) in [6, 6.07) is 5.79. The molecule has 1 aromatic carbocycles. The lowest BCUT2D eigenvalue weighted by Gasteiger charge is -2.19. The van der Waals surface area contributed by atoms with Crippen LogP contribution in [0.2, 0.25) is 10.0 Å². The number of aryl methyl sites for hydroxylation is 1. The largest absolute Gasteiger partial charge is 0.308 e. The summed E-state index contributed by atoms with van der Waals surface area (Å²) in [5.41, 5.74) is 2.85. The summed E-state index contributed by atoms with van der Waals surface area (Å²) in [6.07, 6.45) is 5.40. The van der Waals surface area contributed by atoms with E-state index in [1.807, 2.05) is 25.3 Å². The zero-order valence-corrected chi connectivity index (χ0v) is 13.7. The Bertz CT molecular complexity index is 585. The maximum atomic E-state index is 6.29. The minimum absolute atomic E-state index is 0.0778. The van der Waals surface area contributed by atoms with Crippen molar-refractivity contribution in [3.8, 4) is 0 Å². The highest BCUT2D eigenvalue weighted by Crippen LogP contribution is 2.28. The molecule has 1 heterocycles. The van der Waals surface area contributed by atoms with Crippen molar-refractivity contribution in [3.05, 3.63) is 57.6 Å². The van der Waals surface area contributed by atoms with Gasteiger partial charge in [-0.1, -0.05) is 42.3 Å². The number of benzene rings is 1. The number of nitrogens with zero attached hydrogens (tertiary/aromatic N) is 2. The Morgan fingerprint density at radius 2 is 2.00 bits per heavy atom. The molecule has 3 nitrogen and oxygen atoms in total. The molecule has 21 heavy (non-hydrogen) atoms. The lowest BCUT2D eigenvalue weighted by molar-refractivity contribution is 0.515. The van der Waals surface area contributed by atoms with Crippen LogP contribution in [0.4, 0.5) is 0 Å². The quantitative estimate of drug-likeness (QED) is 0.857. The SMILES string of the molecule is CCCNC(Cc1cccc(Cl)c1Cl)c1cnc(C)cn1. The number of halogens is 2. The van der Waals surface area contributed by atoms with E-state index in [1.165, 1.54) is 0 Å². The molecular weight excluding hydrogens is 305 g/mol. The van der Waals surface area contributed by atoms with Crippen molar-refractivity contribution in [2.75, 3.05) is 6.54 Å². The van der Waals surface area contributed by atoms with Gasteiger partial charge in [-0.25, -0.2) is 0 Å². The molecule has 0 amide bonds. The summed E-state index contributed by atoms with van der Waals surface area (Å²) in [7, 11) is 0. The van der Waals surface area contributed by atoms with Crippen molar-refractivity contribution >= 4 is 23.2 Å². The maximum Gasteiger partial charge on any atom is 0.0759 e. The standard InChI is InChI=1S/C16H19Cl2N3/c1-3-7-19-14(15-10-20-11(2)9-21-15)8-12-5-4-6-13(17)16(12)18/h4-6,9-10,14,19H,3,7-8H2,1-2H3. The molecule has 1 unspecified atom stereocenters. The Labute approximate surface area is 135 Å². The predicted octanol–water partition coefficient (Wildman–Crippen LogP) is 4.38. The van der Waals surface area contributed by atoms with Crippen molar-refractivity contribution in [3.63, 3.8) is 0 Å². The first-order valence-electron chi connectivity index (χ1n) is 7.06. The van der Waals surface area contributed by atoms with Crippen molar-refractivity contribution in [1.82, 2.24) is 15.3 Å². The molecule has 0 fully saturated rings. The van der Waals surface area contributed by atoms with E-state index in [2.05, 4.69) is 22.2 Å². The predicted molar refractivity (Wildman–Crippen MR) is 88.0 cm³/mol. The van der Waals surface area contributed by atoms with Crippen LogP contribution < -0.4 is 5.32 Å². The van der Waals surface area contributed by atoms with Crippen molar-refractivity contribution < 1.29 is 0 Å². The van der Waals surface area contributed by atoms with Crippen LogP contribution in [0, 0.1) is 6.92 Å². The second kappa shape index (κ2) is 7.74. The monoisotopic (exact) mass is 323 g/mol. The van der Waals surface area contributed by atoms with Gasteiger partial charge in [0.05, 0.1) is 33.7 Å². The highest BCUT2D eigenvalue weighted by Gasteiger charge is 2.16. The second-order valence-electron chi connectivity index (χ2n) is 5.01. The first-order chi connectivity index (χ1) is 10.1. The van der Waals surface area contributed by atoms with Crippen LogP contribution in [-0.2, 0) is 6.42 Å². The van der Waals surface area contributed by atoms with Crippen LogP contribution in [0.3, 0.4) is 0 Å². The molecule has 2 aromatic rings. The van der Waals surface area contributed by atoms with E-state index in [4.69, 9.17) is 23.2 Å². The Balaban J connectivity index is 2.23. The Morgan fingerprint density at radius 3 is 2.67 bits per heavy atom. The van der Waals surface area contributed by atoms with Gasteiger partial charge in [0.25, 0.3) is 0 Å².